The number of amides is 2. The minimum Gasteiger partial charge on any atom is -0.330 e. The largest absolute Gasteiger partial charge is 0.330 e. The zero-order chi connectivity index (χ0) is 19.6. The van der Waals surface area contributed by atoms with Crippen LogP contribution in [0.15, 0.2) is 24.3 Å². The van der Waals surface area contributed by atoms with E-state index in [2.05, 4.69) is 15.6 Å². The molecule has 3 rings (SSSR count). The normalized spacial score (nSPS) is 16.8. The molecule has 27 heavy (non-hydrogen) atoms. The summed E-state index contributed by atoms with van der Waals surface area (Å²) in [6.07, 6.45) is 1.43. The number of carbonyl (C=O) groups is 2. The first-order chi connectivity index (χ1) is 12.9. The number of hydrogen-bond acceptors (Lipinski definition) is 4. The number of benzene rings is 1. The van der Waals surface area contributed by atoms with Gasteiger partial charge >= 0.3 is 0 Å². The summed E-state index contributed by atoms with van der Waals surface area (Å²) in [4.78, 5) is 26.6. The van der Waals surface area contributed by atoms with E-state index in [0.717, 1.165) is 6.42 Å². The van der Waals surface area contributed by atoms with Gasteiger partial charge in [-0.3, -0.25) is 9.59 Å². The molecule has 1 fully saturated rings. The molecule has 1 saturated heterocycles. The molecular weight excluding hydrogens is 349 g/mol. The van der Waals surface area contributed by atoms with Crippen LogP contribution < -0.4 is 5.32 Å². The fourth-order valence-corrected chi connectivity index (χ4v) is 3.25. The summed E-state index contributed by atoms with van der Waals surface area (Å²) < 4.78 is 15.4. The van der Waals surface area contributed by atoms with Gasteiger partial charge in [-0.15, -0.1) is 5.10 Å². The second kappa shape index (κ2) is 7.85. The van der Waals surface area contributed by atoms with E-state index < -0.39 is 6.04 Å². The molecule has 1 aromatic heterocycles. The number of halogens is 1. The SMILES string of the molecule is Cc1c(NC(=O)[C@H]2CCCN2C(=O)C(C)C)nnn1Cc1ccccc1F. The molecule has 0 aliphatic carbocycles. The lowest BCUT2D eigenvalue weighted by Gasteiger charge is -2.25. The van der Waals surface area contributed by atoms with Crippen LogP contribution in [0.5, 0.6) is 0 Å². The number of nitrogens with zero attached hydrogens (tertiary/aromatic N) is 4. The van der Waals surface area contributed by atoms with Crippen molar-refractivity contribution in [1.82, 2.24) is 19.9 Å². The van der Waals surface area contributed by atoms with E-state index in [0.29, 0.717) is 30.0 Å². The first-order valence-corrected chi connectivity index (χ1v) is 9.13. The van der Waals surface area contributed by atoms with Gasteiger partial charge in [0, 0.05) is 18.0 Å². The third-order valence-corrected chi connectivity index (χ3v) is 4.83. The molecule has 1 aromatic carbocycles. The summed E-state index contributed by atoms with van der Waals surface area (Å²) in [5.74, 6) is -0.413. The number of aromatic nitrogens is 3. The van der Waals surface area contributed by atoms with Gasteiger partial charge in [0.2, 0.25) is 11.8 Å². The maximum absolute atomic E-state index is 13.8. The predicted octanol–water partition coefficient (Wildman–Crippen LogP) is 2.36. The molecule has 0 bridgehead atoms. The molecule has 1 aliphatic heterocycles. The summed E-state index contributed by atoms with van der Waals surface area (Å²) in [5, 5.41) is 10.8. The van der Waals surface area contributed by atoms with Crippen molar-refractivity contribution in [2.24, 2.45) is 5.92 Å². The number of hydrogen-bond donors (Lipinski definition) is 1. The topological polar surface area (TPSA) is 80.1 Å². The number of carbonyl (C=O) groups excluding carboxylic acids is 2. The zero-order valence-electron chi connectivity index (χ0n) is 15.8. The first-order valence-electron chi connectivity index (χ1n) is 9.13. The summed E-state index contributed by atoms with van der Waals surface area (Å²) in [7, 11) is 0. The average molecular weight is 373 g/mol. The van der Waals surface area contributed by atoms with Crippen molar-refractivity contribution in [2.45, 2.75) is 46.2 Å². The second-order valence-electron chi connectivity index (χ2n) is 7.11. The van der Waals surface area contributed by atoms with Gasteiger partial charge < -0.3 is 10.2 Å². The van der Waals surface area contributed by atoms with Gasteiger partial charge in [-0.1, -0.05) is 37.3 Å². The summed E-state index contributed by atoms with van der Waals surface area (Å²) in [6, 6.07) is 5.97. The van der Waals surface area contributed by atoms with Crippen LogP contribution in [-0.4, -0.2) is 44.3 Å². The Morgan fingerprint density at radius 1 is 1.33 bits per heavy atom. The molecule has 0 spiro atoms. The lowest BCUT2D eigenvalue weighted by atomic mass is 10.1. The van der Waals surface area contributed by atoms with E-state index >= 15 is 0 Å². The fourth-order valence-electron chi connectivity index (χ4n) is 3.25. The molecular formula is C19H24FN5O2. The highest BCUT2D eigenvalue weighted by atomic mass is 19.1. The van der Waals surface area contributed by atoms with E-state index in [-0.39, 0.29) is 30.1 Å². The van der Waals surface area contributed by atoms with Crippen molar-refractivity contribution >= 4 is 17.6 Å². The molecule has 2 amide bonds. The Balaban J connectivity index is 1.71. The van der Waals surface area contributed by atoms with E-state index in [9.17, 15) is 14.0 Å². The summed E-state index contributed by atoms with van der Waals surface area (Å²) in [6.45, 7) is 6.24. The molecule has 2 heterocycles. The Morgan fingerprint density at radius 2 is 2.07 bits per heavy atom. The smallest absolute Gasteiger partial charge is 0.248 e. The molecule has 7 nitrogen and oxygen atoms in total. The lowest BCUT2D eigenvalue weighted by molar-refractivity contribution is -0.139. The Labute approximate surface area is 157 Å². The molecule has 144 valence electrons. The van der Waals surface area contributed by atoms with Gasteiger partial charge in [-0.05, 0) is 25.8 Å². The van der Waals surface area contributed by atoms with Gasteiger partial charge in [-0.25, -0.2) is 9.07 Å². The van der Waals surface area contributed by atoms with E-state index in [1.165, 1.54) is 6.07 Å². The highest BCUT2D eigenvalue weighted by Gasteiger charge is 2.35. The van der Waals surface area contributed by atoms with Crippen molar-refractivity contribution in [2.75, 3.05) is 11.9 Å². The molecule has 1 atom stereocenters. The average Bonchev–Trinajstić information content (AvgIpc) is 3.25. The zero-order valence-corrected chi connectivity index (χ0v) is 15.8. The third-order valence-electron chi connectivity index (χ3n) is 4.83. The van der Waals surface area contributed by atoms with Crippen LogP contribution in [0.2, 0.25) is 0 Å². The van der Waals surface area contributed by atoms with Crippen molar-refractivity contribution in [3.63, 3.8) is 0 Å². The number of likely N-dealkylation sites (tertiary alicyclic amines) is 1. The Kier molecular flexibility index (Phi) is 5.53. The van der Waals surface area contributed by atoms with Crippen LogP contribution in [0.3, 0.4) is 0 Å². The Hall–Kier alpha value is -2.77. The van der Waals surface area contributed by atoms with E-state index in [1.807, 2.05) is 13.8 Å². The van der Waals surface area contributed by atoms with Crippen LogP contribution in [-0.2, 0) is 16.1 Å². The molecule has 1 N–H and O–H groups in total. The van der Waals surface area contributed by atoms with Crippen molar-refractivity contribution in [3.8, 4) is 0 Å². The van der Waals surface area contributed by atoms with E-state index in [4.69, 9.17) is 0 Å². The van der Waals surface area contributed by atoms with Gasteiger partial charge in [0.15, 0.2) is 5.82 Å². The Morgan fingerprint density at radius 3 is 2.78 bits per heavy atom. The van der Waals surface area contributed by atoms with Crippen LogP contribution >= 0.6 is 0 Å². The van der Waals surface area contributed by atoms with Gasteiger partial charge in [0.05, 0.1) is 12.2 Å². The number of anilines is 1. The first kappa shape index (κ1) is 19.0. The third kappa shape index (κ3) is 3.99. The van der Waals surface area contributed by atoms with Crippen molar-refractivity contribution < 1.29 is 14.0 Å². The van der Waals surface area contributed by atoms with Crippen LogP contribution in [0, 0.1) is 18.7 Å². The molecule has 0 radical (unpaired) electrons. The maximum atomic E-state index is 13.8. The second-order valence-corrected chi connectivity index (χ2v) is 7.11. The van der Waals surface area contributed by atoms with Crippen LogP contribution in [0.4, 0.5) is 10.2 Å². The fraction of sp³-hybridized carbons (Fsp3) is 0.474. The quantitative estimate of drug-likeness (QED) is 0.873. The standard InChI is InChI=1S/C19H24FN5O2/c1-12(2)19(27)24-10-6-9-16(24)18(26)21-17-13(3)25(23-22-17)11-14-7-4-5-8-15(14)20/h4-5,7-8,12,16H,6,9-11H2,1-3H3,(H,21,26)/t16-/m1/s1. The monoisotopic (exact) mass is 373 g/mol. The van der Waals surface area contributed by atoms with Crippen molar-refractivity contribution in [1.29, 1.82) is 0 Å². The lowest BCUT2D eigenvalue weighted by Crippen LogP contribution is -2.44. The molecule has 1 aliphatic rings. The Bertz CT molecular complexity index is 848. The molecule has 2 aromatic rings. The van der Waals surface area contributed by atoms with Gasteiger partial charge in [0.25, 0.3) is 0 Å². The highest BCUT2D eigenvalue weighted by Crippen LogP contribution is 2.22. The van der Waals surface area contributed by atoms with Crippen molar-refractivity contribution in [3.05, 3.63) is 41.3 Å². The van der Waals surface area contributed by atoms with Gasteiger partial charge in [-0.2, -0.15) is 0 Å². The molecule has 8 heteroatoms. The van der Waals surface area contributed by atoms with Crippen LogP contribution in [0.25, 0.3) is 0 Å². The van der Waals surface area contributed by atoms with E-state index in [1.54, 1.807) is 34.7 Å². The summed E-state index contributed by atoms with van der Waals surface area (Å²) >= 11 is 0. The predicted molar refractivity (Wildman–Crippen MR) is 98.5 cm³/mol. The number of nitrogens with one attached hydrogen (secondary N) is 1. The minimum absolute atomic E-state index is 0.0208. The minimum atomic E-state index is -0.490. The van der Waals surface area contributed by atoms with Crippen LogP contribution in [0.1, 0.15) is 37.9 Å². The number of rotatable bonds is 5. The molecule has 0 unspecified atom stereocenters. The van der Waals surface area contributed by atoms with Gasteiger partial charge in [0.1, 0.15) is 11.9 Å². The highest BCUT2D eigenvalue weighted by molar-refractivity contribution is 5.97. The molecule has 0 saturated carbocycles. The summed E-state index contributed by atoms with van der Waals surface area (Å²) in [5.41, 5.74) is 1.12. The maximum Gasteiger partial charge on any atom is 0.248 e.